The van der Waals surface area contributed by atoms with E-state index in [4.69, 9.17) is 14.9 Å². The Morgan fingerprint density at radius 2 is 2.00 bits per heavy atom. The predicted octanol–water partition coefficient (Wildman–Crippen LogP) is 3.11. The summed E-state index contributed by atoms with van der Waals surface area (Å²) >= 11 is 0. The van der Waals surface area contributed by atoms with Crippen LogP contribution in [0.2, 0.25) is 0 Å². The number of nitrogen functional groups attached to an aromatic ring is 1. The summed E-state index contributed by atoms with van der Waals surface area (Å²) in [4.78, 5) is 24.0. The van der Waals surface area contributed by atoms with Crippen LogP contribution in [0.25, 0.3) is 11.0 Å². The molecule has 0 saturated carbocycles. The van der Waals surface area contributed by atoms with Crippen molar-refractivity contribution in [3.8, 4) is 0 Å². The fraction of sp³-hybridized carbons (Fsp3) is 0.375. The van der Waals surface area contributed by atoms with Gasteiger partial charge in [-0.2, -0.15) is 0 Å². The Kier molecular flexibility index (Phi) is 4.98. The minimum absolute atomic E-state index is 0.202. The highest BCUT2D eigenvalue weighted by atomic mass is 16.5. The van der Waals surface area contributed by atoms with Gasteiger partial charge in [-0.15, -0.1) is 0 Å². The summed E-state index contributed by atoms with van der Waals surface area (Å²) in [6.07, 6.45) is 4.00. The summed E-state index contributed by atoms with van der Waals surface area (Å²) in [5.74, 6) is -0.902. The molecule has 112 valence electrons. The molecule has 21 heavy (non-hydrogen) atoms. The fourth-order valence-electron chi connectivity index (χ4n) is 2.07. The van der Waals surface area contributed by atoms with E-state index in [9.17, 15) is 9.59 Å². The molecule has 5 nitrogen and oxygen atoms in total. The molecule has 0 spiro atoms. The minimum atomic E-state index is -0.688. The number of ether oxygens (including phenoxy) is 1. The van der Waals surface area contributed by atoms with Crippen LogP contribution in [0.3, 0.4) is 0 Å². The van der Waals surface area contributed by atoms with Crippen molar-refractivity contribution in [2.24, 2.45) is 0 Å². The molecule has 0 unspecified atom stereocenters. The van der Waals surface area contributed by atoms with E-state index < -0.39 is 11.4 Å². The van der Waals surface area contributed by atoms with Crippen LogP contribution in [-0.4, -0.2) is 12.6 Å². The zero-order valence-corrected chi connectivity index (χ0v) is 12.1. The number of benzene rings is 1. The van der Waals surface area contributed by atoms with Crippen LogP contribution in [-0.2, 0) is 4.74 Å². The lowest BCUT2D eigenvalue weighted by molar-refractivity contribution is 0.0464. The van der Waals surface area contributed by atoms with Gasteiger partial charge in [0, 0.05) is 0 Å². The van der Waals surface area contributed by atoms with Gasteiger partial charge in [0.05, 0.1) is 12.0 Å². The highest BCUT2D eigenvalue weighted by molar-refractivity contribution is 5.95. The first-order valence-electron chi connectivity index (χ1n) is 7.13. The number of hydrogen-bond acceptors (Lipinski definition) is 5. The number of hydrogen-bond donors (Lipinski definition) is 1. The maximum absolute atomic E-state index is 12.1. The van der Waals surface area contributed by atoms with E-state index >= 15 is 0 Å². The summed E-state index contributed by atoms with van der Waals surface area (Å²) in [7, 11) is 0. The lowest BCUT2D eigenvalue weighted by Gasteiger charge is -2.07. The Hall–Kier alpha value is -2.30. The second kappa shape index (κ2) is 6.92. The van der Waals surface area contributed by atoms with E-state index in [1.165, 1.54) is 0 Å². The van der Waals surface area contributed by atoms with Gasteiger partial charge in [-0.25, -0.2) is 4.79 Å². The maximum Gasteiger partial charge on any atom is 0.376 e. The third-order valence-electron chi connectivity index (χ3n) is 3.25. The Labute approximate surface area is 122 Å². The number of anilines is 1. The van der Waals surface area contributed by atoms with Crippen LogP contribution in [0.4, 0.5) is 5.69 Å². The molecule has 2 rings (SSSR count). The van der Waals surface area contributed by atoms with Gasteiger partial charge in [-0.3, -0.25) is 4.79 Å². The van der Waals surface area contributed by atoms with Gasteiger partial charge in [0.1, 0.15) is 11.3 Å². The highest BCUT2D eigenvalue weighted by Gasteiger charge is 2.19. The molecule has 0 bridgehead atoms. The van der Waals surface area contributed by atoms with E-state index in [-0.39, 0.29) is 11.4 Å². The third kappa shape index (κ3) is 3.42. The highest BCUT2D eigenvalue weighted by Crippen LogP contribution is 2.17. The topological polar surface area (TPSA) is 82.5 Å². The lowest BCUT2D eigenvalue weighted by atomic mass is 10.2. The van der Waals surface area contributed by atoms with Crippen molar-refractivity contribution in [1.29, 1.82) is 0 Å². The third-order valence-corrected chi connectivity index (χ3v) is 3.25. The van der Waals surface area contributed by atoms with Crippen molar-refractivity contribution in [3.63, 3.8) is 0 Å². The van der Waals surface area contributed by atoms with Gasteiger partial charge in [-0.05, 0) is 18.6 Å². The molecular formula is C16H19NO4. The molecule has 5 heteroatoms. The van der Waals surface area contributed by atoms with Gasteiger partial charge < -0.3 is 14.9 Å². The molecule has 0 atom stereocenters. The SMILES string of the molecule is CCCCCCOC(=O)c1oc2ccccc2c(=O)c1N. The molecule has 1 aromatic heterocycles. The molecular weight excluding hydrogens is 270 g/mol. The van der Waals surface area contributed by atoms with Gasteiger partial charge in [-0.1, -0.05) is 38.3 Å². The quantitative estimate of drug-likeness (QED) is 0.652. The minimum Gasteiger partial charge on any atom is -0.460 e. The molecule has 1 heterocycles. The molecule has 0 aliphatic carbocycles. The van der Waals surface area contributed by atoms with Gasteiger partial charge in [0.15, 0.2) is 0 Å². The van der Waals surface area contributed by atoms with Crippen molar-refractivity contribution in [2.75, 3.05) is 12.3 Å². The average Bonchev–Trinajstić information content (AvgIpc) is 2.50. The van der Waals surface area contributed by atoms with E-state index in [1.807, 2.05) is 0 Å². The molecule has 2 N–H and O–H groups in total. The number of carbonyl (C=O) groups is 1. The zero-order valence-electron chi connectivity index (χ0n) is 12.1. The van der Waals surface area contributed by atoms with Crippen molar-refractivity contribution in [2.45, 2.75) is 32.6 Å². The molecule has 0 radical (unpaired) electrons. The van der Waals surface area contributed by atoms with Crippen LogP contribution in [0.1, 0.15) is 43.2 Å². The second-order valence-electron chi connectivity index (χ2n) is 4.87. The standard InChI is InChI=1S/C16H19NO4/c1-2-3-4-7-10-20-16(19)15-13(17)14(18)11-8-5-6-9-12(11)21-15/h5-6,8-9H,2-4,7,10,17H2,1H3. The van der Waals surface area contributed by atoms with E-state index in [0.717, 1.165) is 25.7 Å². The first-order chi connectivity index (χ1) is 10.1. The molecule has 0 fully saturated rings. The molecule has 0 aliphatic heterocycles. The predicted molar refractivity (Wildman–Crippen MR) is 81.3 cm³/mol. The lowest BCUT2D eigenvalue weighted by Crippen LogP contribution is -2.17. The number of nitrogens with two attached hydrogens (primary N) is 1. The second-order valence-corrected chi connectivity index (χ2v) is 4.87. The van der Waals surface area contributed by atoms with Gasteiger partial charge >= 0.3 is 5.97 Å². The monoisotopic (exact) mass is 289 g/mol. The first-order valence-corrected chi connectivity index (χ1v) is 7.13. The van der Waals surface area contributed by atoms with Crippen molar-refractivity contribution in [1.82, 2.24) is 0 Å². The van der Waals surface area contributed by atoms with Crippen molar-refractivity contribution < 1.29 is 13.9 Å². The molecule has 0 saturated heterocycles. The molecule has 1 aromatic carbocycles. The number of fused-ring (bicyclic) bond motifs is 1. The Morgan fingerprint density at radius 3 is 2.76 bits per heavy atom. The summed E-state index contributed by atoms with van der Waals surface area (Å²) in [5.41, 5.74) is 5.41. The fourth-order valence-corrected chi connectivity index (χ4v) is 2.07. The summed E-state index contributed by atoms with van der Waals surface area (Å²) < 4.78 is 10.5. The Balaban J connectivity index is 2.16. The number of carbonyl (C=O) groups excluding carboxylic acids is 1. The van der Waals surface area contributed by atoms with Crippen LogP contribution >= 0.6 is 0 Å². The van der Waals surface area contributed by atoms with Crippen LogP contribution in [0.15, 0.2) is 33.5 Å². The van der Waals surface area contributed by atoms with Crippen LogP contribution in [0.5, 0.6) is 0 Å². The zero-order chi connectivity index (χ0) is 15.2. The van der Waals surface area contributed by atoms with Gasteiger partial charge in [0.25, 0.3) is 0 Å². The molecule has 2 aromatic rings. The average molecular weight is 289 g/mol. The Morgan fingerprint density at radius 1 is 1.24 bits per heavy atom. The normalized spacial score (nSPS) is 10.7. The summed E-state index contributed by atoms with van der Waals surface area (Å²) in [6, 6.07) is 6.66. The summed E-state index contributed by atoms with van der Waals surface area (Å²) in [5, 5.41) is 0.356. The largest absolute Gasteiger partial charge is 0.460 e. The number of unbranched alkanes of at least 4 members (excludes halogenated alkanes) is 3. The number of rotatable bonds is 6. The first kappa shape index (κ1) is 15.1. The van der Waals surface area contributed by atoms with Crippen LogP contribution in [0, 0.1) is 0 Å². The van der Waals surface area contributed by atoms with E-state index in [2.05, 4.69) is 6.92 Å². The maximum atomic E-state index is 12.1. The molecule has 0 amide bonds. The number of para-hydroxylation sites is 1. The van der Waals surface area contributed by atoms with E-state index in [1.54, 1.807) is 24.3 Å². The van der Waals surface area contributed by atoms with Crippen LogP contribution < -0.4 is 11.2 Å². The van der Waals surface area contributed by atoms with Crippen molar-refractivity contribution >= 4 is 22.6 Å². The molecule has 0 aliphatic rings. The summed E-state index contributed by atoms with van der Waals surface area (Å²) in [6.45, 7) is 2.41. The van der Waals surface area contributed by atoms with Gasteiger partial charge in [0.2, 0.25) is 11.2 Å². The Bertz CT molecular complexity index is 690. The van der Waals surface area contributed by atoms with E-state index in [0.29, 0.717) is 17.6 Å². The smallest absolute Gasteiger partial charge is 0.376 e. The number of esters is 1. The van der Waals surface area contributed by atoms with Crippen molar-refractivity contribution in [3.05, 3.63) is 40.2 Å².